The zero-order valence-corrected chi connectivity index (χ0v) is 16.0. The minimum atomic E-state index is -0.452. The number of nitrogens with two attached hydrogens (primary N) is 1. The third-order valence-electron chi connectivity index (χ3n) is 5.35. The maximum Gasteiger partial charge on any atom is 0.240 e. The van der Waals surface area contributed by atoms with Gasteiger partial charge in [-0.25, -0.2) is 0 Å². The third kappa shape index (κ3) is 4.13. The van der Waals surface area contributed by atoms with Crippen molar-refractivity contribution >= 4 is 23.6 Å². The molecule has 0 radical (unpaired) electrons. The van der Waals surface area contributed by atoms with Crippen molar-refractivity contribution in [3.8, 4) is 0 Å². The van der Waals surface area contributed by atoms with Crippen LogP contribution in [0, 0.1) is 5.92 Å². The standard InChI is InChI=1S/C17H30N4O3S/c1-12(2)14(18)16(23)21-5-3-4-17(11-21)19-13(10-25-17)15(22)20-6-8-24-9-7-20/h12-14,19H,3-11,18H2,1-2H3/t13-,14-,17?/m0/s1. The molecule has 3 rings (SSSR count). The Bertz CT molecular complexity index is 512. The topological polar surface area (TPSA) is 87.9 Å². The number of morpholine rings is 1. The van der Waals surface area contributed by atoms with E-state index in [0.717, 1.165) is 25.1 Å². The van der Waals surface area contributed by atoms with Crippen molar-refractivity contribution in [1.82, 2.24) is 15.1 Å². The zero-order chi connectivity index (χ0) is 18.0. The predicted octanol–water partition coefficient (Wildman–Crippen LogP) is -0.148. The second-order valence-electron chi connectivity index (χ2n) is 7.57. The molecule has 142 valence electrons. The first-order chi connectivity index (χ1) is 11.9. The fourth-order valence-electron chi connectivity index (χ4n) is 3.72. The van der Waals surface area contributed by atoms with E-state index in [0.29, 0.717) is 32.8 Å². The van der Waals surface area contributed by atoms with Gasteiger partial charge in [-0.3, -0.25) is 14.9 Å². The summed E-state index contributed by atoms with van der Waals surface area (Å²) in [4.78, 5) is 28.9. The van der Waals surface area contributed by atoms with Crippen LogP contribution in [-0.4, -0.2) is 83.7 Å². The highest BCUT2D eigenvalue weighted by Crippen LogP contribution is 2.38. The number of nitrogens with one attached hydrogen (secondary N) is 1. The SMILES string of the molecule is CC(C)[C@H](N)C(=O)N1CCCC2(C1)N[C@H](C(=O)N1CCOCC1)CS2. The molecule has 0 aromatic heterocycles. The van der Waals surface area contributed by atoms with Crippen molar-refractivity contribution < 1.29 is 14.3 Å². The van der Waals surface area contributed by atoms with Crippen molar-refractivity contribution in [1.29, 1.82) is 0 Å². The Morgan fingerprint density at radius 3 is 2.64 bits per heavy atom. The van der Waals surface area contributed by atoms with Gasteiger partial charge in [0.25, 0.3) is 0 Å². The first-order valence-corrected chi connectivity index (χ1v) is 10.2. The van der Waals surface area contributed by atoms with Gasteiger partial charge >= 0.3 is 0 Å². The van der Waals surface area contributed by atoms with Gasteiger partial charge in [0.2, 0.25) is 11.8 Å². The van der Waals surface area contributed by atoms with Gasteiger partial charge in [0.1, 0.15) is 0 Å². The van der Waals surface area contributed by atoms with E-state index in [-0.39, 0.29) is 28.6 Å². The highest BCUT2D eigenvalue weighted by Gasteiger charge is 2.46. The minimum absolute atomic E-state index is 0.0273. The number of hydrogen-bond donors (Lipinski definition) is 2. The molecule has 3 fully saturated rings. The second kappa shape index (κ2) is 7.82. The van der Waals surface area contributed by atoms with E-state index in [2.05, 4.69) is 5.32 Å². The maximum absolute atomic E-state index is 12.7. The fraction of sp³-hybridized carbons (Fsp3) is 0.882. The lowest BCUT2D eigenvalue weighted by Crippen LogP contribution is -2.60. The lowest BCUT2D eigenvalue weighted by Gasteiger charge is -2.41. The Balaban J connectivity index is 1.61. The Hall–Kier alpha value is -0.830. The van der Waals surface area contributed by atoms with Gasteiger partial charge in [-0.2, -0.15) is 0 Å². The minimum Gasteiger partial charge on any atom is -0.378 e. The van der Waals surface area contributed by atoms with Crippen LogP contribution in [0.2, 0.25) is 0 Å². The van der Waals surface area contributed by atoms with Gasteiger partial charge in [0.15, 0.2) is 0 Å². The van der Waals surface area contributed by atoms with Crippen LogP contribution >= 0.6 is 11.8 Å². The van der Waals surface area contributed by atoms with Crippen LogP contribution in [0.5, 0.6) is 0 Å². The van der Waals surface area contributed by atoms with E-state index >= 15 is 0 Å². The predicted molar refractivity (Wildman–Crippen MR) is 98.1 cm³/mol. The number of ether oxygens (including phenoxy) is 1. The van der Waals surface area contributed by atoms with Crippen molar-refractivity contribution in [2.75, 3.05) is 45.1 Å². The molecule has 3 saturated heterocycles. The van der Waals surface area contributed by atoms with Crippen LogP contribution in [0.25, 0.3) is 0 Å². The molecular formula is C17H30N4O3S. The van der Waals surface area contributed by atoms with Crippen LogP contribution < -0.4 is 11.1 Å². The number of thioether (sulfide) groups is 1. The number of amides is 2. The summed E-state index contributed by atoms with van der Waals surface area (Å²) in [5.74, 6) is 1.08. The van der Waals surface area contributed by atoms with Crippen LogP contribution in [0.15, 0.2) is 0 Å². The second-order valence-corrected chi connectivity index (χ2v) is 8.98. The summed E-state index contributed by atoms with van der Waals surface area (Å²) >= 11 is 1.78. The first-order valence-electron chi connectivity index (χ1n) is 9.24. The van der Waals surface area contributed by atoms with E-state index in [4.69, 9.17) is 10.5 Å². The fourth-order valence-corrected chi connectivity index (χ4v) is 5.20. The van der Waals surface area contributed by atoms with Crippen molar-refractivity contribution in [2.45, 2.75) is 43.6 Å². The molecule has 7 nitrogen and oxygen atoms in total. The number of carbonyl (C=O) groups excluding carboxylic acids is 2. The van der Waals surface area contributed by atoms with Gasteiger partial charge in [-0.05, 0) is 18.8 Å². The summed E-state index contributed by atoms with van der Waals surface area (Å²) in [6.45, 7) is 7.90. The number of piperidine rings is 1. The molecule has 0 aromatic rings. The van der Waals surface area contributed by atoms with Crippen LogP contribution in [0.3, 0.4) is 0 Å². The molecule has 8 heteroatoms. The maximum atomic E-state index is 12.7. The Labute approximate surface area is 154 Å². The summed E-state index contributed by atoms with van der Waals surface area (Å²) in [6, 6.07) is -0.621. The van der Waals surface area contributed by atoms with E-state index in [9.17, 15) is 9.59 Å². The Morgan fingerprint density at radius 2 is 1.96 bits per heavy atom. The summed E-state index contributed by atoms with van der Waals surface area (Å²) in [7, 11) is 0. The number of hydrogen-bond acceptors (Lipinski definition) is 6. The van der Waals surface area contributed by atoms with Gasteiger partial charge in [0, 0.05) is 31.9 Å². The number of carbonyl (C=O) groups is 2. The van der Waals surface area contributed by atoms with Gasteiger partial charge < -0.3 is 20.3 Å². The molecular weight excluding hydrogens is 340 g/mol. The van der Waals surface area contributed by atoms with Gasteiger partial charge in [-0.15, -0.1) is 11.8 Å². The summed E-state index contributed by atoms with van der Waals surface area (Å²) < 4.78 is 5.33. The number of likely N-dealkylation sites (tertiary alicyclic amines) is 1. The largest absolute Gasteiger partial charge is 0.378 e. The normalized spacial score (nSPS) is 31.6. The van der Waals surface area contributed by atoms with Gasteiger partial charge in [0.05, 0.1) is 30.2 Å². The van der Waals surface area contributed by atoms with E-state index in [1.54, 1.807) is 11.8 Å². The Morgan fingerprint density at radius 1 is 1.24 bits per heavy atom. The molecule has 3 aliphatic heterocycles. The first kappa shape index (κ1) is 18.9. The monoisotopic (exact) mass is 370 g/mol. The molecule has 0 aliphatic carbocycles. The summed E-state index contributed by atoms with van der Waals surface area (Å²) in [6.07, 6.45) is 1.92. The average molecular weight is 371 g/mol. The molecule has 1 unspecified atom stereocenters. The molecule has 0 aromatic carbocycles. The Kier molecular flexibility index (Phi) is 5.92. The van der Waals surface area contributed by atoms with Crippen molar-refractivity contribution in [3.05, 3.63) is 0 Å². The number of nitrogens with zero attached hydrogens (tertiary/aromatic N) is 2. The highest BCUT2D eigenvalue weighted by atomic mass is 32.2. The van der Waals surface area contributed by atoms with Crippen molar-refractivity contribution in [2.24, 2.45) is 11.7 Å². The zero-order valence-electron chi connectivity index (χ0n) is 15.2. The third-order valence-corrected chi connectivity index (χ3v) is 6.86. The number of rotatable bonds is 3. The molecule has 3 N–H and O–H groups in total. The smallest absolute Gasteiger partial charge is 0.240 e. The highest BCUT2D eigenvalue weighted by molar-refractivity contribution is 8.01. The molecule has 3 atom stereocenters. The quantitative estimate of drug-likeness (QED) is 0.719. The van der Waals surface area contributed by atoms with Gasteiger partial charge in [-0.1, -0.05) is 13.8 Å². The molecule has 0 bridgehead atoms. The van der Waals surface area contributed by atoms with Crippen LogP contribution in [-0.2, 0) is 14.3 Å². The molecule has 2 amide bonds. The van der Waals surface area contributed by atoms with E-state index in [1.807, 2.05) is 23.6 Å². The van der Waals surface area contributed by atoms with Crippen molar-refractivity contribution in [3.63, 3.8) is 0 Å². The summed E-state index contributed by atoms with van der Waals surface area (Å²) in [5.41, 5.74) is 6.06. The molecule has 3 heterocycles. The lowest BCUT2D eigenvalue weighted by atomic mass is 9.99. The lowest BCUT2D eigenvalue weighted by molar-refractivity contribution is -0.137. The van der Waals surface area contributed by atoms with E-state index in [1.165, 1.54) is 0 Å². The molecule has 1 spiro atoms. The van der Waals surface area contributed by atoms with Crippen LogP contribution in [0.1, 0.15) is 26.7 Å². The average Bonchev–Trinajstić information content (AvgIpc) is 3.03. The summed E-state index contributed by atoms with van der Waals surface area (Å²) in [5, 5.41) is 3.55. The molecule has 3 aliphatic rings. The van der Waals surface area contributed by atoms with Crippen LogP contribution in [0.4, 0.5) is 0 Å². The van der Waals surface area contributed by atoms with E-state index < -0.39 is 6.04 Å². The molecule has 25 heavy (non-hydrogen) atoms. The molecule has 0 saturated carbocycles.